The molecule has 2 aromatic carbocycles. The van der Waals surface area contributed by atoms with Gasteiger partial charge in [0.2, 0.25) is 0 Å². The number of carbonyl (C=O) groups excluding carboxylic acids is 1. The summed E-state index contributed by atoms with van der Waals surface area (Å²) < 4.78 is 0. The molecule has 0 heterocycles. The molecule has 0 radical (unpaired) electrons. The second-order valence-corrected chi connectivity index (χ2v) is 6.13. The monoisotopic (exact) mass is 298 g/mol. The average molecular weight is 298 g/mol. The molecule has 2 amide bonds. The Kier molecular flexibility index (Phi) is 4.29. The normalized spacial score (nSPS) is 16.6. The molecule has 0 atom stereocenters. The van der Waals surface area contributed by atoms with Crippen LogP contribution in [0, 0.1) is 0 Å². The molecule has 1 aliphatic rings. The molecule has 22 heavy (non-hydrogen) atoms. The summed E-state index contributed by atoms with van der Waals surface area (Å²) in [5, 5.41) is 17.7. The smallest absolute Gasteiger partial charge is 0.315 e. The highest BCUT2D eigenvalue weighted by atomic mass is 16.3. The van der Waals surface area contributed by atoms with Crippen molar-refractivity contribution >= 4 is 16.8 Å². The highest BCUT2D eigenvalue weighted by Crippen LogP contribution is 2.28. The molecule has 1 fully saturated rings. The molecule has 4 nitrogen and oxygen atoms in total. The summed E-state index contributed by atoms with van der Waals surface area (Å²) in [5.74, 6) is 0. The predicted octanol–water partition coefficient (Wildman–Crippen LogP) is 2.94. The van der Waals surface area contributed by atoms with Crippen LogP contribution in [0.2, 0.25) is 0 Å². The van der Waals surface area contributed by atoms with Crippen LogP contribution in [0.25, 0.3) is 10.8 Å². The van der Waals surface area contributed by atoms with Gasteiger partial charge in [0.15, 0.2) is 0 Å². The number of amides is 2. The van der Waals surface area contributed by atoms with E-state index in [1.807, 2.05) is 18.2 Å². The first-order chi connectivity index (χ1) is 10.7. The Balaban J connectivity index is 1.60. The van der Waals surface area contributed by atoms with Gasteiger partial charge in [0.25, 0.3) is 0 Å². The summed E-state index contributed by atoms with van der Waals surface area (Å²) in [4.78, 5) is 12.1. The number of hydrogen-bond acceptors (Lipinski definition) is 2. The van der Waals surface area contributed by atoms with Gasteiger partial charge in [0.05, 0.1) is 12.1 Å². The largest absolute Gasteiger partial charge is 0.394 e. The summed E-state index contributed by atoms with van der Waals surface area (Å²) in [6, 6.07) is 14.1. The van der Waals surface area contributed by atoms with Crippen LogP contribution in [0.4, 0.5) is 4.79 Å². The molecule has 0 aromatic heterocycles. The summed E-state index contributed by atoms with van der Waals surface area (Å²) >= 11 is 0. The maximum atomic E-state index is 12.1. The van der Waals surface area contributed by atoms with E-state index >= 15 is 0 Å². The maximum Gasteiger partial charge on any atom is 0.315 e. The molecule has 4 heteroatoms. The number of aliphatic hydroxyl groups is 1. The molecule has 0 spiro atoms. The lowest BCUT2D eigenvalue weighted by Crippen LogP contribution is -2.52. The van der Waals surface area contributed by atoms with Gasteiger partial charge in [0, 0.05) is 6.54 Å². The standard InChI is InChI=1S/C18H22N2O2/c21-13-18(9-3-4-10-18)20-17(22)19-12-14-7-8-15-5-1-2-6-16(15)11-14/h1-2,5-8,11,21H,3-4,9-10,12-13H2,(H2,19,20,22). The van der Waals surface area contributed by atoms with Crippen molar-refractivity contribution in [3.05, 3.63) is 48.0 Å². The lowest BCUT2D eigenvalue weighted by Gasteiger charge is -2.28. The Morgan fingerprint density at radius 1 is 1.09 bits per heavy atom. The zero-order chi connectivity index (χ0) is 15.4. The van der Waals surface area contributed by atoms with Gasteiger partial charge >= 0.3 is 6.03 Å². The number of fused-ring (bicyclic) bond motifs is 1. The van der Waals surface area contributed by atoms with Gasteiger partial charge in [-0.3, -0.25) is 0 Å². The Morgan fingerprint density at radius 2 is 1.82 bits per heavy atom. The zero-order valence-electron chi connectivity index (χ0n) is 12.6. The van der Waals surface area contributed by atoms with Crippen LogP contribution in [0.15, 0.2) is 42.5 Å². The summed E-state index contributed by atoms with van der Waals surface area (Å²) in [6.45, 7) is 0.495. The maximum absolute atomic E-state index is 12.1. The molecular formula is C18H22N2O2. The number of urea groups is 1. The van der Waals surface area contributed by atoms with Crippen LogP contribution in [0.5, 0.6) is 0 Å². The van der Waals surface area contributed by atoms with Crippen LogP contribution in [0.3, 0.4) is 0 Å². The van der Waals surface area contributed by atoms with Crippen LogP contribution in [0.1, 0.15) is 31.2 Å². The van der Waals surface area contributed by atoms with Crippen LogP contribution < -0.4 is 10.6 Å². The molecule has 2 aromatic rings. The van der Waals surface area contributed by atoms with E-state index in [0.29, 0.717) is 6.54 Å². The minimum atomic E-state index is -0.423. The number of aliphatic hydroxyl groups excluding tert-OH is 1. The SMILES string of the molecule is O=C(NCc1ccc2ccccc2c1)NC1(CO)CCCC1. The van der Waals surface area contributed by atoms with Crippen molar-refractivity contribution < 1.29 is 9.90 Å². The fraction of sp³-hybridized carbons (Fsp3) is 0.389. The molecule has 0 unspecified atom stereocenters. The summed E-state index contributed by atoms with van der Waals surface area (Å²) in [5.41, 5.74) is 0.645. The lowest BCUT2D eigenvalue weighted by atomic mass is 9.99. The number of rotatable bonds is 4. The van der Waals surface area contributed by atoms with E-state index in [9.17, 15) is 9.90 Å². The summed E-state index contributed by atoms with van der Waals surface area (Å²) in [7, 11) is 0. The average Bonchev–Trinajstić information content (AvgIpc) is 3.02. The molecule has 0 bridgehead atoms. The second kappa shape index (κ2) is 6.36. The zero-order valence-corrected chi connectivity index (χ0v) is 12.6. The van der Waals surface area contributed by atoms with Crippen LogP contribution in [-0.2, 0) is 6.54 Å². The third-order valence-electron chi connectivity index (χ3n) is 4.51. The second-order valence-electron chi connectivity index (χ2n) is 6.13. The van der Waals surface area contributed by atoms with E-state index in [1.165, 1.54) is 10.8 Å². The van der Waals surface area contributed by atoms with Crippen LogP contribution in [-0.4, -0.2) is 23.3 Å². The first-order valence-electron chi connectivity index (χ1n) is 7.85. The number of carbonyl (C=O) groups is 1. The van der Waals surface area contributed by atoms with E-state index in [-0.39, 0.29) is 12.6 Å². The van der Waals surface area contributed by atoms with Gasteiger partial charge < -0.3 is 15.7 Å². The van der Waals surface area contributed by atoms with Crippen molar-refractivity contribution in [2.45, 2.75) is 37.8 Å². The number of benzene rings is 2. The van der Waals surface area contributed by atoms with E-state index in [4.69, 9.17) is 0 Å². The van der Waals surface area contributed by atoms with Crippen molar-refractivity contribution in [2.75, 3.05) is 6.61 Å². The molecule has 3 N–H and O–H groups in total. The topological polar surface area (TPSA) is 61.4 Å². The molecule has 0 saturated heterocycles. The fourth-order valence-corrected chi connectivity index (χ4v) is 3.19. The van der Waals surface area contributed by atoms with Gasteiger partial charge in [-0.25, -0.2) is 4.79 Å². The highest BCUT2D eigenvalue weighted by Gasteiger charge is 2.34. The molecular weight excluding hydrogens is 276 g/mol. The van der Waals surface area contributed by atoms with Gasteiger partial charge in [-0.2, -0.15) is 0 Å². The van der Waals surface area contributed by atoms with E-state index in [0.717, 1.165) is 31.2 Å². The van der Waals surface area contributed by atoms with E-state index in [1.54, 1.807) is 0 Å². The number of hydrogen-bond donors (Lipinski definition) is 3. The lowest BCUT2D eigenvalue weighted by molar-refractivity contribution is 0.163. The Bertz CT molecular complexity index is 663. The molecule has 116 valence electrons. The first-order valence-corrected chi connectivity index (χ1v) is 7.85. The van der Waals surface area contributed by atoms with Crippen molar-refractivity contribution in [1.82, 2.24) is 10.6 Å². The molecule has 1 aliphatic carbocycles. The Hall–Kier alpha value is -2.07. The third kappa shape index (κ3) is 3.22. The van der Waals surface area contributed by atoms with Gasteiger partial charge in [-0.1, -0.05) is 49.2 Å². The van der Waals surface area contributed by atoms with Gasteiger partial charge in [-0.05, 0) is 35.2 Å². The molecule has 1 saturated carbocycles. The minimum absolute atomic E-state index is 0.0103. The van der Waals surface area contributed by atoms with E-state index < -0.39 is 5.54 Å². The Morgan fingerprint density at radius 3 is 2.55 bits per heavy atom. The van der Waals surface area contributed by atoms with Crippen molar-refractivity contribution in [3.63, 3.8) is 0 Å². The van der Waals surface area contributed by atoms with Crippen molar-refractivity contribution in [3.8, 4) is 0 Å². The van der Waals surface area contributed by atoms with Crippen LogP contribution >= 0.6 is 0 Å². The Labute approximate surface area is 130 Å². The molecule has 3 rings (SSSR count). The fourth-order valence-electron chi connectivity index (χ4n) is 3.19. The van der Waals surface area contributed by atoms with Gasteiger partial charge in [0.1, 0.15) is 0 Å². The van der Waals surface area contributed by atoms with Crippen molar-refractivity contribution in [1.29, 1.82) is 0 Å². The first kappa shape index (κ1) is 14.9. The quantitative estimate of drug-likeness (QED) is 0.812. The van der Waals surface area contributed by atoms with Gasteiger partial charge in [-0.15, -0.1) is 0 Å². The number of nitrogens with one attached hydrogen (secondary N) is 2. The van der Waals surface area contributed by atoms with Crippen molar-refractivity contribution in [2.24, 2.45) is 0 Å². The van der Waals surface area contributed by atoms with E-state index in [2.05, 4.69) is 34.9 Å². The third-order valence-corrected chi connectivity index (χ3v) is 4.51. The minimum Gasteiger partial charge on any atom is -0.394 e. The summed E-state index contributed by atoms with van der Waals surface area (Å²) in [6.07, 6.45) is 3.83. The molecule has 0 aliphatic heterocycles. The predicted molar refractivity (Wildman–Crippen MR) is 87.6 cm³/mol. The highest BCUT2D eigenvalue weighted by molar-refractivity contribution is 5.83.